The van der Waals surface area contributed by atoms with Crippen molar-refractivity contribution >= 4 is 29.2 Å². The third kappa shape index (κ3) is 8.18. The van der Waals surface area contributed by atoms with Gasteiger partial charge in [0.2, 0.25) is 0 Å². The molecule has 8 aliphatic rings. The number of aliphatic hydroxyl groups excluding tert-OH is 1. The largest absolute Gasteiger partial charge is 0.469 e. The van der Waals surface area contributed by atoms with Gasteiger partial charge in [-0.15, -0.1) is 17.7 Å². The fourth-order valence-electron chi connectivity index (χ4n) is 17.0. The maximum Gasteiger partial charge on any atom is 0.305 e. The minimum Gasteiger partial charge on any atom is -0.469 e. The molecule has 362 valence electrons. The smallest absolute Gasteiger partial charge is 0.305 e. The SMILES string of the molecule is CC#C[C@]1(O)CCC2C3CC=C4CC(=O)CCC4=C3[C@@H](c3ccc(N(C)CCO[C@H]4CC[C@@]5(C)[C@@H](C4)C[C@@H](OCSC)[C@@H]4[C@@H]5C[C@H](O)[C@]5(C)[C@@H]([C@H](C)CCC(=O)OC)CC[C@@H]45)cc3)C[C@@]21C. The van der Waals surface area contributed by atoms with Crippen molar-refractivity contribution in [3.63, 3.8) is 0 Å². The van der Waals surface area contributed by atoms with E-state index in [1.165, 1.54) is 29.5 Å². The van der Waals surface area contributed by atoms with E-state index in [9.17, 15) is 19.8 Å². The highest BCUT2D eigenvalue weighted by Crippen LogP contribution is 2.70. The van der Waals surface area contributed by atoms with Gasteiger partial charge in [-0.25, -0.2) is 0 Å². The number of carbonyl (C=O) groups excluding carboxylic acids is 2. The summed E-state index contributed by atoms with van der Waals surface area (Å²) in [5.41, 5.74) is 5.43. The Kier molecular flexibility index (Phi) is 13.9. The van der Waals surface area contributed by atoms with Crippen molar-refractivity contribution < 1.29 is 34.0 Å². The molecule has 0 aromatic heterocycles. The first-order chi connectivity index (χ1) is 31.6. The van der Waals surface area contributed by atoms with E-state index < -0.39 is 5.60 Å². The topological polar surface area (TPSA) is 106 Å². The fraction of sp³-hybridized carbons (Fsp3) is 0.754. The Bertz CT molecular complexity index is 2110. The van der Waals surface area contributed by atoms with Crippen LogP contribution >= 0.6 is 11.8 Å². The van der Waals surface area contributed by atoms with E-state index in [0.717, 1.165) is 90.0 Å². The van der Waals surface area contributed by atoms with Gasteiger partial charge in [-0.1, -0.05) is 57.4 Å². The van der Waals surface area contributed by atoms with Gasteiger partial charge in [-0.05, 0) is 184 Å². The third-order valence-electron chi connectivity index (χ3n) is 20.6. The number of rotatable bonds is 13. The van der Waals surface area contributed by atoms with E-state index in [-0.39, 0.29) is 46.4 Å². The molecule has 0 heterocycles. The van der Waals surface area contributed by atoms with E-state index in [4.69, 9.17) is 14.2 Å². The summed E-state index contributed by atoms with van der Waals surface area (Å²) in [5, 5.41) is 24.4. The Labute approximate surface area is 401 Å². The minimum atomic E-state index is -0.984. The molecule has 0 spiro atoms. The Morgan fingerprint density at radius 1 is 1.00 bits per heavy atom. The van der Waals surface area contributed by atoms with Crippen molar-refractivity contribution in [1.82, 2.24) is 0 Å². The summed E-state index contributed by atoms with van der Waals surface area (Å²) in [6, 6.07) is 9.21. The highest BCUT2D eigenvalue weighted by molar-refractivity contribution is 7.98. The molecule has 0 aliphatic heterocycles. The minimum absolute atomic E-state index is 0.141. The summed E-state index contributed by atoms with van der Waals surface area (Å²) in [7, 11) is 3.65. The van der Waals surface area contributed by atoms with Gasteiger partial charge in [0.25, 0.3) is 0 Å². The second-order valence-corrected chi connectivity index (χ2v) is 24.1. The van der Waals surface area contributed by atoms with Gasteiger partial charge < -0.3 is 29.3 Å². The number of carbonyl (C=O) groups is 2. The molecule has 9 rings (SSSR count). The van der Waals surface area contributed by atoms with E-state index >= 15 is 0 Å². The number of esters is 1. The van der Waals surface area contributed by atoms with Gasteiger partial charge in [0, 0.05) is 49.9 Å². The molecular formula is C57H81NO7S. The van der Waals surface area contributed by atoms with Crippen molar-refractivity contribution in [3.05, 3.63) is 52.6 Å². The molecule has 0 amide bonds. The predicted octanol–water partition coefficient (Wildman–Crippen LogP) is 10.7. The highest BCUT2D eigenvalue weighted by Gasteiger charge is 2.67. The fourth-order valence-corrected chi connectivity index (χ4v) is 17.3. The van der Waals surface area contributed by atoms with Crippen LogP contribution in [0.5, 0.6) is 0 Å². The first kappa shape index (κ1) is 48.4. The zero-order valence-corrected chi connectivity index (χ0v) is 42.4. The maximum atomic E-state index is 12.6. The lowest BCUT2D eigenvalue weighted by Gasteiger charge is -2.64. The van der Waals surface area contributed by atoms with Crippen LogP contribution in [0.4, 0.5) is 5.69 Å². The van der Waals surface area contributed by atoms with Crippen LogP contribution < -0.4 is 4.90 Å². The van der Waals surface area contributed by atoms with Crippen molar-refractivity contribution in [3.8, 4) is 11.8 Å². The number of thioether (sulfide) groups is 1. The van der Waals surface area contributed by atoms with Crippen LogP contribution in [-0.2, 0) is 23.8 Å². The van der Waals surface area contributed by atoms with Crippen molar-refractivity contribution in [2.75, 3.05) is 44.4 Å². The Balaban J connectivity index is 0.854. The Morgan fingerprint density at radius 3 is 2.53 bits per heavy atom. The van der Waals surface area contributed by atoms with Crippen molar-refractivity contribution in [2.24, 2.45) is 63.6 Å². The quantitative estimate of drug-likeness (QED) is 0.114. The number of hydrogen-bond donors (Lipinski definition) is 2. The van der Waals surface area contributed by atoms with E-state index in [2.05, 4.69) is 88.1 Å². The van der Waals surface area contributed by atoms with Crippen LogP contribution in [-0.4, -0.2) is 85.4 Å². The summed E-state index contributed by atoms with van der Waals surface area (Å²) in [6.45, 7) is 12.9. The summed E-state index contributed by atoms with van der Waals surface area (Å²) in [5.74, 6) is 10.8. The van der Waals surface area contributed by atoms with Crippen LogP contribution in [0.2, 0.25) is 0 Å². The van der Waals surface area contributed by atoms with Crippen molar-refractivity contribution in [1.29, 1.82) is 0 Å². The Hall–Kier alpha value is -2.61. The number of fused-ring (bicyclic) bond motifs is 9. The van der Waals surface area contributed by atoms with Gasteiger partial charge in [-0.2, -0.15) is 0 Å². The number of likely N-dealkylation sites (N-methyl/N-ethyl adjacent to an activating group) is 1. The van der Waals surface area contributed by atoms with Gasteiger partial charge >= 0.3 is 5.97 Å². The zero-order valence-electron chi connectivity index (χ0n) is 41.5. The van der Waals surface area contributed by atoms with Crippen molar-refractivity contribution in [2.45, 2.75) is 167 Å². The standard InChI is InChI=1S/C57H81NO7S/c1-9-24-57(62)26-23-46-43-17-13-37-29-40(59)16-18-42(37)52(43)44(33-55(46,57)4)36-11-14-39(15-12-36)58(6)27-28-64-41-22-25-54(3)38(30-41)31-49(65-34-66-8)53-47-20-19-45(35(2)10-21-51(61)63-7)56(47,5)50(60)32-48(53)54/h11-15,35,38,41,43-50,53,60,62H,10,16-23,25-34H2,1-8H3/t35-,38+,41+,43?,44-,45-,46?,47+,48+,49-,50+,53+,54+,55+,56-,57+/m1/s1. The van der Waals surface area contributed by atoms with Gasteiger partial charge in [-0.3, -0.25) is 9.59 Å². The number of ketones is 1. The average Bonchev–Trinajstić information content (AvgIpc) is 3.80. The number of methoxy groups -OCH3 is 1. The van der Waals surface area contributed by atoms with Crippen LogP contribution in [0.3, 0.4) is 0 Å². The van der Waals surface area contributed by atoms with Crippen LogP contribution in [0, 0.1) is 75.4 Å². The number of benzene rings is 1. The first-order valence-electron chi connectivity index (χ1n) is 26.0. The molecule has 66 heavy (non-hydrogen) atoms. The number of anilines is 1. The molecule has 8 aliphatic carbocycles. The summed E-state index contributed by atoms with van der Waals surface area (Å²) < 4.78 is 18.6. The van der Waals surface area contributed by atoms with Gasteiger partial charge in [0.1, 0.15) is 11.4 Å². The van der Waals surface area contributed by atoms with Crippen LogP contribution in [0.1, 0.15) is 149 Å². The molecule has 8 nitrogen and oxygen atoms in total. The number of Topliss-reactive ketones (excluding diaryl/α,β-unsaturated/α-hetero) is 1. The number of aliphatic hydroxyl groups is 2. The normalized spacial score (nSPS) is 41.8. The molecule has 7 fully saturated rings. The lowest BCUT2D eigenvalue weighted by Crippen LogP contribution is -2.62. The van der Waals surface area contributed by atoms with Gasteiger partial charge in [0.15, 0.2) is 0 Å². The first-order valence-corrected chi connectivity index (χ1v) is 27.4. The molecule has 1 aromatic rings. The predicted molar refractivity (Wildman–Crippen MR) is 264 cm³/mol. The van der Waals surface area contributed by atoms with E-state index in [1.54, 1.807) is 17.3 Å². The molecule has 0 bridgehead atoms. The monoisotopic (exact) mass is 924 g/mol. The highest BCUT2D eigenvalue weighted by atomic mass is 32.2. The average molecular weight is 924 g/mol. The molecule has 7 saturated carbocycles. The molecule has 0 saturated heterocycles. The molecule has 1 aromatic carbocycles. The molecule has 2 N–H and O–H groups in total. The lowest BCUT2D eigenvalue weighted by molar-refractivity contribution is -0.215. The lowest BCUT2D eigenvalue weighted by atomic mass is 9.43. The number of nitrogens with zero attached hydrogens (tertiary/aromatic N) is 1. The number of ether oxygens (including phenoxy) is 3. The maximum absolute atomic E-state index is 12.6. The second kappa shape index (κ2) is 19.0. The number of allylic oxidation sites excluding steroid dienone is 4. The number of hydrogen-bond acceptors (Lipinski definition) is 9. The Morgan fingerprint density at radius 2 is 1.79 bits per heavy atom. The molecule has 0 radical (unpaired) electrons. The third-order valence-corrected chi connectivity index (χ3v) is 21.0. The van der Waals surface area contributed by atoms with E-state index in [1.807, 2.05) is 6.92 Å². The molecular weight excluding hydrogens is 843 g/mol. The van der Waals surface area contributed by atoms with E-state index in [0.29, 0.717) is 84.9 Å². The van der Waals surface area contributed by atoms with Gasteiger partial charge in [0.05, 0.1) is 38.0 Å². The van der Waals surface area contributed by atoms with Crippen LogP contribution in [0.15, 0.2) is 47.1 Å². The molecule has 16 atom stereocenters. The summed E-state index contributed by atoms with van der Waals surface area (Å²) in [6.07, 6.45) is 18.8. The molecule has 9 heteroatoms. The zero-order chi connectivity index (χ0) is 46.8. The van der Waals surface area contributed by atoms with Crippen LogP contribution in [0.25, 0.3) is 0 Å². The summed E-state index contributed by atoms with van der Waals surface area (Å²) >= 11 is 1.77. The summed E-state index contributed by atoms with van der Waals surface area (Å²) in [4.78, 5) is 27.0. The second-order valence-electron chi connectivity index (χ2n) is 23.3. The molecule has 2 unspecified atom stereocenters.